The molecule has 39 heavy (non-hydrogen) atoms. The first-order valence-corrected chi connectivity index (χ1v) is 15.5. The lowest BCUT2D eigenvalue weighted by Gasteiger charge is -2.72. The van der Waals surface area contributed by atoms with Crippen LogP contribution in [0.5, 0.6) is 0 Å². The average molecular weight is 535 g/mol. The van der Waals surface area contributed by atoms with Crippen molar-refractivity contribution in [3.05, 3.63) is 11.6 Å². The predicted molar refractivity (Wildman–Crippen MR) is 152 cm³/mol. The number of rotatable bonds is 3. The second-order valence-corrected chi connectivity index (χ2v) is 16.2. The van der Waals surface area contributed by atoms with Crippen LogP contribution in [0.1, 0.15) is 113 Å². The van der Waals surface area contributed by atoms with Crippen molar-refractivity contribution < 1.29 is 14.4 Å². The van der Waals surface area contributed by atoms with Gasteiger partial charge in [0.15, 0.2) is 5.78 Å². The standard InChI is InChI=1S/C34H50N2O3/c1-9-36-26(38)19-34-14-12-29(2,3)18-22(34)27-23(37)16-25-31(6)17-21(20-35)28(39)30(4,5)24(31)10-11-32(25,7)33(27,8)13-15-34/h17,22,24-25,27H,9-16,18-19H2,1-8H3,(H,36,38)/t22-,24-,25+,27-,31-,32+,33+,34+/m0/s1. The predicted octanol–water partition coefficient (Wildman–Crippen LogP) is 6.81. The van der Waals surface area contributed by atoms with Crippen molar-refractivity contribution in [2.75, 3.05) is 6.54 Å². The molecule has 0 aliphatic heterocycles. The van der Waals surface area contributed by atoms with Crippen LogP contribution in [-0.4, -0.2) is 24.0 Å². The summed E-state index contributed by atoms with van der Waals surface area (Å²) in [5, 5.41) is 13.0. The fraction of sp³-hybridized carbons (Fsp3) is 0.824. The van der Waals surface area contributed by atoms with E-state index in [0.717, 1.165) is 44.9 Å². The maximum atomic E-state index is 14.6. The van der Waals surface area contributed by atoms with Crippen LogP contribution in [-0.2, 0) is 14.4 Å². The van der Waals surface area contributed by atoms with E-state index in [1.807, 2.05) is 26.8 Å². The second-order valence-electron chi connectivity index (χ2n) is 16.2. The van der Waals surface area contributed by atoms with Crippen molar-refractivity contribution >= 4 is 17.5 Å². The highest BCUT2D eigenvalue weighted by Gasteiger charge is 2.72. The Morgan fingerprint density at radius 3 is 2.28 bits per heavy atom. The molecule has 1 amide bonds. The molecular formula is C34H50N2O3. The van der Waals surface area contributed by atoms with Crippen molar-refractivity contribution in [2.24, 2.45) is 56.2 Å². The Kier molecular flexibility index (Phi) is 6.42. The van der Waals surface area contributed by atoms with Gasteiger partial charge in [0.25, 0.3) is 0 Å². The zero-order chi connectivity index (χ0) is 28.8. The van der Waals surface area contributed by atoms with Crippen LogP contribution in [0.15, 0.2) is 11.6 Å². The van der Waals surface area contributed by atoms with Gasteiger partial charge in [0.05, 0.1) is 5.57 Å². The number of fused-ring (bicyclic) bond motifs is 7. The lowest BCUT2D eigenvalue weighted by Crippen LogP contribution is -2.68. The van der Waals surface area contributed by atoms with Gasteiger partial charge in [-0.15, -0.1) is 0 Å². The van der Waals surface area contributed by atoms with Gasteiger partial charge in [-0.05, 0) is 96.7 Å². The molecule has 0 heterocycles. The lowest BCUT2D eigenvalue weighted by atomic mass is 9.31. The monoisotopic (exact) mass is 534 g/mol. The number of carbonyl (C=O) groups excluding carboxylic acids is 3. The Morgan fingerprint density at radius 1 is 0.974 bits per heavy atom. The molecule has 0 spiro atoms. The number of nitrogens with zero attached hydrogens (tertiary/aromatic N) is 1. The molecule has 0 aromatic heterocycles. The molecular weight excluding hydrogens is 484 g/mol. The first-order valence-electron chi connectivity index (χ1n) is 15.5. The second kappa shape index (κ2) is 8.77. The van der Waals surface area contributed by atoms with Crippen molar-refractivity contribution in [1.82, 2.24) is 5.32 Å². The third-order valence-corrected chi connectivity index (χ3v) is 13.5. The number of hydrogen-bond acceptors (Lipinski definition) is 4. The number of allylic oxidation sites excluding steroid dienone is 2. The van der Waals surface area contributed by atoms with Gasteiger partial charge in [-0.25, -0.2) is 0 Å². The summed E-state index contributed by atoms with van der Waals surface area (Å²) < 4.78 is 0. The van der Waals surface area contributed by atoms with E-state index in [2.05, 4.69) is 46.0 Å². The molecule has 0 radical (unpaired) electrons. The normalized spacial score (nSPS) is 46.0. The molecule has 0 aromatic rings. The third-order valence-electron chi connectivity index (χ3n) is 13.5. The van der Waals surface area contributed by atoms with Gasteiger partial charge in [0.1, 0.15) is 11.9 Å². The number of nitriles is 1. The Balaban J connectivity index is 1.60. The molecule has 5 heteroatoms. The fourth-order valence-corrected chi connectivity index (χ4v) is 11.3. The third kappa shape index (κ3) is 3.78. The molecule has 5 aliphatic carbocycles. The highest BCUT2D eigenvalue weighted by atomic mass is 16.2. The van der Waals surface area contributed by atoms with E-state index in [1.54, 1.807) is 0 Å². The molecule has 5 nitrogen and oxygen atoms in total. The SMILES string of the molecule is CCNC(=O)C[C@]12CCC(C)(C)C[C@H]1[C@H]1C(=O)C[C@@H]3[C@@]4(C)C=C(C#N)C(=O)C(C)(C)[C@@H]4CC[C@@]3(C)[C@]1(C)CC2. The maximum absolute atomic E-state index is 14.6. The van der Waals surface area contributed by atoms with Crippen LogP contribution < -0.4 is 5.32 Å². The summed E-state index contributed by atoms with van der Waals surface area (Å²) in [5.74, 6) is 0.850. The number of hydrogen-bond donors (Lipinski definition) is 1. The molecule has 0 bridgehead atoms. The summed E-state index contributed by atoms with van der Waals surface area (Å²) in [7, 11) is 0. The van der Waals surface area contributed by atoms with E-state index in [4.69, 9.17) is 0 Å². The van der Waals surface area contributed by atoms with Crippen LogP contribution >= 0.6 is 0 Å². The van der Waals surface area contributed by atoms with E-state index in [-0.39, 0.29) is 68.0 Å². The molecule has 4 saturated carbocycles. The fourth-order valence-electron chi connectivity index (χ4n) is 11.3. The highest BCUT2D eigenvalue weighted by molar-refractivity contribution is 6.04. The Morgan fingerprint density at radius 2 is 1.64 bits per heavy atom. The van der Waals surface area contributed by atoms with Crippen LogP contribution in [0.4, 0.5) is 0 Å². The van der Waals surface area contributed by atoms with Crippen molar-refractivity contribution in [3.8, 4) is 6.07 Å². The zero-order valence-corrected chi connectivity index (χ0v) is 25.6. The minimum Gasteiger partial charge on any atom is -0.356 e. The Bertz CT molecular complexity index is 1180. The molecule has 5 aliphatic rings. The first-order chi connectivity index (χ1) is 18.0. The Labute approximate surface area is 235 Å². The smallest absolute Gasteiger partial charge is 0.220 e. The van der Waals surface area contributed by atoms with E-state index in [0.29, 0.717) is 25.2 Å². The van der Waals surface area contributed by atoms with E-state index >= 15 is 0 Å². The van der Waals surface area contributed by atoms with E-state index in [9.17, 15) is 19.6 Å². The Hall–Kier alpha value is -1.96. The summed E-state index contributed by atoms with van der Waals surface area (Å²) in [5.41, 5.74) is -0.903. The number of Topliss-reactive ketones (excluding diaryl/α,β-unsaturated/α-hetero) is 2. The highest BCUT2D eigenvalue weighted by Crippen LogP contribution is 2.76. The largest absolute Gasteiger partial charge is 0.356 e. The zero-order valence-electron chi connectivity index (χ0n) is 25.6. The molecule has 0 saturated heterocycles. The number of amides is 1. The minimum absolute atomic E-state index is 0.0421. The van der Waals surface area contributed by atoms with E-state index < -0.39 is 5.41 Å². The maximum Gasteiger partial charge on any atom is 0.220 e. The van der Waals surface area contributed by atoms with Crippen molar-refractivity contribution in [3.63, 3.8) is 0 Å². The van der Waals surface area contributed by atoms with Crippen LogP contribution in [0.3, 0.4) is 0 Å². The van der Waals surface area contributed by atoms with Gasteiger partial charge in [0, 0.05) is 30.7 Å². The summed E-state index contributed by atoms with van der Waals surface area (Å²) in [6.45, 7) is 18.4. The molecule has 8 atom stereocenters. The van der Waals surface area contributed by atoms with Gasteiger partial charge < -0.3 is 5.32 Å². The van der Waals surface area contributed by atoms with Crippen LogP contribution in [0, 0.1) is 67.5 Å². The number of nitrogens with one attached hydrogen (secondary N) is 1. The quantitative estimate of drug-likeness (QED) is 0.431. The summed E-state index contributed by atoms with van der Waals surface area (Å²) in [6, 6.07) is 2.22. The molecule has 5 rings (SSSR count). The number of ketones is 2. The lowest BCUT2D eigenvalue weighted by molar-refractivity contribution is -0.223. The van der Waals surface area contributed by atoms with Gasteiger partial charge in [-0.3, -0.25) is 14.4 Å². The summed E-state index contributed by atoms with van der Waals surface area (Å²) >= 11 is 0. The minimum atomic E-state index is -0.613. The van der Waals surface area contributed by atoms with Crippen LogP contribution in [0.25, 0.3) is 0 Å². The van der Waals surface area contributed by atoms with Crippen molar-refractivity contribution in [2.45, 2.75) is 113 Å². The van der Waals surface area contributed by atoms with Crippen molar-refractivity contribution in [1.29, 1.82) is 5.26 Å². The topological polar surface area (TPSA) is 87.0 Å². The van der Waals surface area contributed by atoms with Crippen LogP contribution in [0.2, 0.25) is 0 Å². The molecule has 214 valence electrons. The molecule has 4 fully saturated rings. The molecule has 0 unspecified atom stereocenters. The summed E-state index contributed by atoms with van der Waals surface area (Å²) in [6.07, 6.45) is 10.1. The van der Waals surface area contributed by atoms with E-state index in [1.165, 1.54) is 0 Å². The summed E-state index contributed by atoms with van der Waals surface area (Å²) in [4.78, 5) is 40.9. The average Bonchev–Trinajstić information content (AvgIpc) is 2.84. The molecule has 1 N–H and O–H groups in total. The van der Waals surface area contributed by atoms with Gasteiger partial charge in [-0.2, -0.15) is 5.26 Å². The molecule has 0 aromatic carbocycles. The van der Waals surface area contributed by atoms with Gasteiger partial charge in [-0.1, -0.05) is 54.5 Å². The van der Waals surface area contributed by atoms with Gasteiger partial charge in [0.2, 0.25) is 5.91 Å². The van der Waals surface area contributed by atoms with Gasteiger partial charge >= 0.3 is 0 Å². The first kappa shape index (κ1) is 28.6. The number of carbonyl (C=O) groups is 3.